The molecule has 30 heavy (non-hydrogen) atoms. The Balaban J connectivity index is 1.41. The second kappa shape index (κ2) is 8.56. The third-order valence-corrected chi connectivity index (χ3v) is 4.75. The van der Waals surface area contributed by atoms with Crippen molar-refractivity contribution in [3.8, 4) is 6.01 Å². The number of fused-ring (bicyclic) bond motifs is 1. The van der Waals surface area contributed by atoms with Gasteiger partial charge in [-0.05, 0) is 24.6 Å². The lowest BCUT2D eigenvalue weighted by Crippen LogP contribution is -2.29. The number of benzene rings is 1. The van der Waals surface area contributed by atoms with Crippen molar-refractivity contribution in [2.45, 2.75) is 12.5 Å². The Hall–Kier alpha value is -4.01. The number of nitrogens with zero attached hydrogens (tertiary/aromatic N) is 4. The molecule has 3 aromatic rings. The molecule has 9 heteroatoms. The number of aromatic amines is 1. The summed E-state index contributed by atoms with van der Waals surface area (Å²) < 4.78 is 5.57. The first-order valence-electron chi connectivity index (χ1n) is 9.45. The number of hydrogen-bond acceptors (Lipinski definition) is 7. The van der Waals surface area contributed by atoms with Gasteiger partial charge in [0.1, 0.15) is 0 Å². The van der Waals surface area contributed by atoms with E-state index in [4.69, 9.17) is 10.5 Å². The molecule has 0 bridgehead atoms. The van der Waals surface area contributed by atoms with Gasteiger partial charge in [-0.15, -0.1) is 0 Å². The van der Waals surface area contributed by atoms with E-state index in [1.807, 2.05) is 18.2 Å². The Morgan fingerprint density at radius 3 is 2.93 bits per heavy atom. The summed E-state index contributed by atoms with van der Waals surface area (Å²) in [7, 11) is 0. The van der Waals surface area contributed by atoms with Gasteiger partial charge in [-0.25, -0.2) is 0 Å². The molecule has 1 saturated heterocycles. The second-order valence-corrected chi connectivity index (χ2v) is 6.77. The molecule has 9 nitrogen and oxygen atoms in total. The van der Waals surface area contributed by atoms with Gasteiger partial charge in [0.25, 0.3) is 11.5 Å². The lowest BCUT2D eigenvalue weighted by Gasteiger charge is -2.15. The van der Waals surface area contributed by atoms with Crippen LogP contribution in [0.25, 0.3) is 10.9 Å². The zero-order valence-electron chi connectivity index (χ0n) is 16.1. The van der Waals surface area contributed by atoms with Crippen molar-refractivity contribution in [3.05, 3.63) is 76.7 Å². The highest BCUT2D eigenvalue weighted by Crippen LogP contribution is 2.16. The molecule has 1 atom stereocenters. The summed E-state index contributed by atoms with van der Waals surface area (Å²) in [5.74, 6) is 0.222. The SMILES string of the molecule is NC=C(C=N[C@H]1CCN(C(=O)c2ccccc2)C1)Oc1nc2cnccc2c(=O)[nH]1. The molecular weight excluding hydrogens is 384 g/mol. The third kappa shape index (κ3) is 4.19. The van der Waals surface area contributed by atoms with Gasteiger partial charge >= 0.3 is 6.01 Å². The van der Waals surface area contributed by atoms with Crippen molar-refractivity contribution in [2.24, 2.45) is 10.7 Å². The molecule has 0 spiro atoms. The number of ether oxygens (including phenoxy) is 1. The molecule has 3 heterocycles. The zero-order valence-corrected chi connectivity index (χ0v) is 16.1. The summed E-state index contributed by atoms with van der Waals surface area (Å²) in [4.78, 5) is 41.7. The van der Waals surface area contributed by atoms with Crippen LogP contribution in [0.5, 0.6) is 6.01 Å². The number of aromatic nitrogens is 3. The summed E-state index contributed by atoms with van der Waals surface area (Å²) in [6, 6.07) is 10.7. The number of carbonyl (C=O) groups is 1. The Bertz CT molecular complexity index is 1170. The fraction of sp³-hybridized carbons (Fsp3) is 0.190. The number of rotatable bonds is 5. The normalized spacial score (nSPS) is 17.0. The number of allylic oxidation sites excluding steroid dienone is 1. The Morgan fingerprint density at radius 2 is 2.13 bits per heavy atom. The predicted molar refractivity (Wildman–Crippen MR) is 112 cm³/mol. The van der Waals surface area contributed by atoms with Crippen molar-refractivity contribution in [3.63, 3.8) is 0 Å². The number of likely N-dealkylation sites (tertiary alicyclic amines) is 1. The van der Waals surface area contributed by atoms with Crippen molar-refractivity contribution in [1.29, 1.82) is 0 Å². The minimum absolute atomic E-state index is 0.00375. The first-order chi connectivity index (χ1) is 14.6. The van der Waals surface area contributed by atoms with Crippen LogP contribution in [0.3, 0.4) is 0 Å². The molecule has 1 amide bonds. The lowest BCUT2D eigenvalue weighted by molar-refractivity contribution is 0.0791. The Labute approximate surface area is 171 Å². The van der Waals surface area contributed by atoms with Gasteiger partial charge in [0.05, 0.1) is 29.4 Å². The van der Waals surface area contributed by atoms with Crippen LogP contribution < -0.4 is 16.0 Å². The molecule has 0 radical (unpaired) electrons. The number of carbonyl (C=O) groups excluding carboxylic acids is 1. The third-order valence-electron chi connectivity index (χ3n) is 4.75. The van der Waals surface area contributed by atoms with Crippen LogP contribution >= 0.6 is 0 Å². The zero-order chi connectivity index (χ0) is 20.9. The number of amides is 1. The molecule has 1 aliphatic heterocycles. The maximum absolute atomic E-state index is 12.5. The molecule has 4 rings (SSSR count). The standard InChI is InChI=1S/C21H20N6O3/c22-10-16(30-21-25-18-12-23-8-6-17(18)19(28)26-21)11-24-15-7-9-27(13-15)20(29)14-4-2-1-3-5-14/h1-6,8,10-12,15H,7,9,13,22H2,(H,25,26,28)/t15-/m0/s1. The van der Waals surface area contributed by atoms with Gasteiger partial charge in [-0.2, -0.15) is 4.98 Å². The first kappa shape index (κ1) is 19.3. The fourth-order valence-corrected chi connectivity index (χ4v) is 3.22. The Morgan fingerprint density at radius 1 is 1.30 bits per heavy atom. The molecule has 2 aromatic heterocycles. The highest BCUT2D eigenvalue weighted by molar-refractivity contribution is 5.94. The maximum atomic E-state index is 12.5. The number of pyridine rings is 1. The maximum Gasteiger partial charge on any atom is 0.302 e. The summed E-state index contributed by atoms with van der Waals surface area (Å²) in [5, 5.41) is 0.415. The molecule has 3 N–H and O–H groups in total. The van der Waals surface area contributed by atoms with Crippen LogP contribution in [0, 0.1) is 0 Å². The summed E-state index contributed by atoms with van der Waals surface area (Å²) >= 11 is 0. The monoisotopic (exact) mass is 404 g/mol. The number of nitrogens with one attached hydrogen (secondary N) is 1. The Kier molecular flexibility index (Phi) is 5.51. The first-order valence-corrected chi connectivity index (χ1v) is 9.45. The number of nitrogens with two attached hydrogens (primary N) is 1. The minimum Gasteiger partial charge on any atom is -0.422 e. The predicted octanol–water partition coefficient (Wildman–Crippen LogP) is 1.48. The van der Waals surface area contributed by atoms with E-state index in [1.165, 1.54) is 24.8 Å². The van der Waals surface area contributed by atoms with Crippen molar-refractivity contribution in [1.82, 2.24) is 19.9 Å². The number of aliphatic imine (C=N–C) groups is 1. The van der Waals surface area contributed by atoms with Gasteiger partial charge in [0, 0.05) is 31.0 Å². The quantitative estimate of drug-likeness (QED) is 0.490. The topological polar surface area (TPSA) is 127 Å². The smallest absolute Gasteiger partial charge is 0.302 e. The second-order valence-electron chi connectivity index (χ2n) is 6.77. The average Bonchev–Trinajstić information content (AvgIpc) is 3.26. The van der Waals surface area contributed by atoms with E-state index >= 15 is 0 Å². The fourth-order valence-electron chi connectivity index (χ4n) is 3.22. The largest absolute Gasteiger partial charge is 0.422 e. The molecule has 0 unspecified atom stereocenters. The molecule has 1 aromatic carbocycles. The van der Waals surface area contributed by atoms with E-state index in [9.17, 15) is 9.59 Å². The van der Waals surface area contributed by atoms with E-state index in [0.29, 0.717) is 29.6 Å². The van der Waals surface area contributed by atoms with E-state index in [1.54, 1.807) is 23.1 Å². The van der Waals surface area contributed by atoms with E-state index in [-0.39, 0.29) is 29.3 Å². The van der Waals surface area contributed by atoms with E-state index < -0.39 is 0 Å². The molecule has 152 valence electrons. The number of H-pyrrole nitrogens is 1. The molecule has 0 saturated carbocycles. The van der Waals surface area contributed by atoms with Gasteiger partial charge in [-0.3, -0.25) is 24.5 Å². The van der Waals surface area contributed by atoms with E-state index in [2.05, 4.69) is 19.9 Å². The molecule has 0 aliphatic carbocycles. The highest BCUT2D eigenvalue weighted by atomic mass is 16.5. The summed E-state index contributed by atoms with van der Waals surface area (Å²) in [6.07, 6.45) is 6.45. The van der Waals surface area contributed by atoms with Gasteiger partial charge in [0.15, 0.2) is 5.76 Å². The van der Waals surface area contributed by atoms with Gasteiger partial charge in [0.2, 0.25) is 0 Å². The van der Waals surface area contributed by atoms with Gasteiger partial charge < -0.3 is 15.4 Å². The lowest BCUT2D eigenvalue weighted by atomic mass is 10.2. The van der Waals surface area contributed by atoms with Crippen LogP contribution in [0.1, 0.15) is 16.8 Å². The van der Waals surface area contributed by atoms with Crippen LogP contribution in [0.4, 0.5) is 0 Å². The molecule has 1 aliphatic rings. The van der Waals surface area contributed by atoms with Crippen LogP contribution in [0.15, 0.2) is 70.5 Å². The summed E-state index contributed by atoms with van der Waals surface area (Å²) in [5.41, 5.74) is 6.37. The van der Waals surface area contributed by atoms with Crippen molar-refractivity contribution in [2.75, 3.05) is 13.1 Å². The van der Waals surface area contributed by atoms with Gasteiger partial charge in [-0.1, -0.05) is 18.2 Å². The highest BCUT2D eigenvalue weighted by Gasteiger charge is 2.26. The number of hydrogen-bond donors (Lipinski definition) is 2. The molecule has 1 fully saturated rings. The van der Waals surface area contributed by atoms with E-state index in [0.717, 1.165) is 6.42 Å². The summed E-state index contributed by atoms with van der Waals surface area (Å²) in [6.45, 7) is 1.14. The minimum atomic E-state index is -0.337. The van der Waals surface area contributed by atoms with Crippen LogP contribution in [0.2, 0.25) is 0 Å². The molecular formula is C21H20N6O3. The van der Waals surface area contributed by atoms with Crippen molar-refractivity contribution < 1.29 is 9.53 Å². The van der Waals surface area contributed by atoms with Crippen molar-refractivity contribution >= 4 is 23.0 Å². The van der Waals surface area contributed by atoms with Crippen LogP contribution in [-0.4, -0.2) is 51.1 Å². The van der Waals surface area contributed by atoms with Crippen LogP contribution in [-0.2, 0) is 0 Å². The average molecular weight is 404 g/mol.